The molecule has 134 valence electrons. The highest BCUT2D eigenvalue weighted by Gasteiger charge is 2.21. The third-order valence-electron chi connectivity index (χ3n) is 4.19. The number of carbonyl (C=O) groups is 1. The third kappa shape index (κ3) is 3.50. The van der Waals surface area contributed by atoms with Crippen molar-refractivity contribution >= 4 is 5.91 Å². The smallest absolute Gasteiger partial charge is 0.272 e. The van der Waals surface area contributed by atoms with Crippen molar-refractivity contribution in [3.8, 4) is 17.1 Å². The zero-order valence-corrected chi connectivity index (χ0v) is 14.8. The van der Waals surface area contributed by atoms with Gasteiger partial charge in [0.1, 0.15) is 11.4 Å². The van der Waals surface area contributed by atoms with Gasteiger partial charge in [-0.3, -0.25) is 9.78 Å². The maximum Gasteiger partial charge on any atom is 0.272 e. The number of hydrogen-bond acceptors (Lipinski definition) is 4. The van der Waals surface area contributed by atoms with E-state index in [-0.39, 0.29) is 5.91 Å². The van der Waals surface area contributed by atoms with Crippen molar-refractivity contribution in [3.63, 3.8) is 0 Å². The van der Waals surface area contributed by atoms with Crippen molar-refractivity contribution in [3.05, 3.63) is 90.6 Å². The van der Waals surface area contributed by atoms with E-state index in [2.05, 4.69) is 10.1 Å². The largest absolute Gasteiger partial charge is 0.463 e. The molecule has 0 bridgehead atoms. The van der Waals surface area contributed by atoms with Crippen LogP contribution in [0.5, 0.6) is 0 Å². The minimum Gasteiger partial charge on any atom is -0.463 e. The van der Waals surface area contributed by atoms with Crippen LogP contribution in [0.15, 0.2) is 83.7 Å². The van der Waals surface area contributed by atoms with Crippen LogP contribution in [-0.4, -0.2) is 32.6 Å². The van der Waals surface area contributed by atoms with Gasteiger partial charge in [0.2, 0.25) is 0 Å². The highest BCUT2D eigenvalue weighted by molar-refractivity contribution is 5.94. The second kappa shape index (κ2) is 7.29. The molecule has 0 fully saturated rings. The van der Waals surface area contributed by atoms with E-state index in [9.17, 15) is 4.79 Å². The molecule has 0 aliphatic carbocycles. The average molecular weight is 358 g/mol. The van der Waals surface area contributed by atoms with Gasteiger partial charge in [-0.15, -0.1) is 0 Å². The molecule has 3 heterocycles. The predicted molar refractivity (Wildman–Crippen MR) is 101 cm³/mol. The Labute approximate surface area is 156 Å². The van der Waals surface area contributed by atoms with Gasteiger partial charge in [0.15, 0.2) is 5.76 Å². The van der Waals surface area contributed by atoms with Crippen LogP contribution in [0.2, 0.25) is 0 Å². The lowest BCUT2D eigenvalue weighted by Gasteiger charge is -2.17. The molecule has 4 aromatic rings. The summed E-state index contributed by atoms with van der Waals surface area (Å²) >= 11 is 0. The minimum atomic E-state index is -0.131. The molecule has 0 unspecified atom stereocenters. The third-order valence-corrected chi connectivity index (χ3v) is 4.19. The molecule has 0 spiro atoms. The second-order valence-corrected chi connectivity index (χ2v) is 6.16. The molecule has 4 rings (SSSR count). The zero-order valence-electron chi connectivity index (χ0n) is 14.8. The summed E-state index contributed by atoms with van der Waals surface area (Å²) in [5.74, 6) is 0.488. The van der Waals surface area contributed by atoms with Crippen LogP contribution in [-0.2, 0) is 6.54 Å². The molecule has 0 radical (unpaired) electrons. The van der Waals surface area contributed by atoms with E-state index in [1.54, 1.807) is 47.4 Å². The van der Waals surface area contributed by atoms with Crippen LogP contribution >= 0.6 is 0 Å². The molecule has 1 amide bonds. The quantitative estimate of drug-likeness (QED) is 0.544. The minimum absolute atomic E-state index is 0.131. The fraction of sp³-hybridized carbons (Fsp3) is 0.0952. The molecule has 27 heavy (non-hydrogen) atoms. The maximum atomic E-state index is 13.1. The van der Waals surface area contributed by atoms with Gasteiger partial charge in [0.25, 0.3) is 5.91 Å². The van der Waals surface area contributed by atoms with Gasteiger partial charge in [-0.05, 0) is 35.9 Å². The van der Waals surface area contributed by atoms with Crippen LogP contribution in [0, 0.1) is 0 Å². The summed E-state index contributed by atoms with van der Waals surface area (Å²) in [6, 6.07) is 18.8. The Bertz CT molecular complexity index is 1020. The number of pyridine rings is 1. The average Bonchev–Trinajstić information content (AvgIpc) is 3.38. The Morgan fingerprint density at radius 3 is 2.67 bits per heavy atom. The summed E-state index contributed by atoms with van der Waals surface area (Å²) in [5, 5.41) is 4.60. The van der Waals surface area contributed by atoms with Gasteiger partial charge >= 0.3 is 0 Å². The topological polar surface area (TPSA) is 64.2 Å². The number of furan rings is 1. The molecule has 6 nitrogen and oxygen atoms in total. The van der Waals surface area contributed by atoms with Crippen LogP contribution in [0.3, 0.4) is 0 Å². The first-order chi connectivity index (χ1) is 13.2. The lowest BCUT2D eigenvalue weighted by molar-refractivity contribution is 0.0776. The molecule has 0 N–H and O–H groups in total. The van der Waals surface area contributed by atoms with E-state index in [0.717, 1.165) is 11.3 Å². The number of benzene rings is 1. The van der Waals surface area contributed by atoms with E-state index >= 15 is 0 Å². The van der Waals surface area contributed by atoms with E-state index in [1.165, 1.54) is 0 Å². The van der Waals surface area contributed by atoms with Crippen LogP contribution < -0.4 is 0 Å². The Kier molecular flexibility index (Phi) is 4.53. The van der Waals surface area contributed by atoms with Gasteiger partial charge < -0.3 is 9.32 Å². The van der Waals surface area contributed by atoms with E-state index in [1.807, 2.05) is 48.5 Å². The Hall–Kier alpha value is -3.67. The highest BCUT2D eigenvalue weighted by atomic mass is 16.3. The normalized spacial score (nSPS) is 10.7. The van der Waals surface area contributed by atoms with Crippen LogP contribution in [0.1, 0.15) is 16.1 Å². The van der Waals surface area contributed by atoms with Crippen molar-refractivity contribution in [1.82, 2.24) is 19.7 Å². The summed E-state index contributed by atoms with van der Waals surface area (Å²) < 4.78 is 7.10. The second-order valence-electron chi connectivity index (χ2n) is 6.16. The molecule has 0 saturated heterocycles. The molecule has 0 saturated carbocycles. The molecule has 1 aromatic carbocycles. The van der Waals surface area contributed by atoms with Crippen molar-refractivity contribution in [2.45, 2.75) is 6.54 Å². The van der Waals surface area contributed by atoms with Gasteiger partial charge in [0.05, 0.1) is 12.0 Å². The molecular formula is C21H18N4O2. The SMILES string of the molecule is CN(Cc1cccnc1)C(=O)c1cc(-c2ccco2)nn1-c1ccccc1. The highest BCUT2D eigenvalue weighted by Crippen LogP contribution is 2.23. The van der Waals surface area contributed by atoms with Crippen molar-refractivity contribution in [1.29, 1.82) is 0 Å². The number of amides is 1. The zero-order chi connectivity index (χ0) is 18.6. The van der Waals surface area contributed by atoms with Gasteiger partial charge in [-0.1, -0.05) is 24.3 Å². The summed E-state index contributed by atoms with van der Waals surface area (Å²) in [5.41, 5.74) is 2.86. The molecule has 3 aromatic heterocycles. The fourth-order valence-electron chi connectivity index (χ4n) is 2.88. The summed E-state index contributed by atoms with van der Waals surface area (Å²) in [7, 11) is 1.77. The van der Waals surface area contributed by atoms with Crippen molar-refractivity contribution in [2.75, 3.05) is 7.05 Å². The van der Waals surface area contributed by atoms with E-state index < -0.39 is 0 Å². The van der Waals surface area contributed by atoms with Crippen LogP contribution in [0.4, 0.5) is 0 Å². The number of hydrogen-bond donors (Lipinski definition) is 0. The summed E-state index contributed by atoms with van der Waals surface area (Å²) in [6.07, 6.45) is 5.06. The number of aromatic nitrogens is 3. The number of para-hydroxylation sites is 1. The van der Waals surface area contributed by atoms with Gasteiger partial charge in [-0.25, -0.2) is 4.68 Å². The van der Waals surface area contributed by atoms with E-state index in [0.29, 0.717) is 23.7 Å². The Balaban J connectivity index is 1.71. The van der Waals surface area contributed by atoms with Crippen molar-refractivity contribution < 1.29 is 9.21 Å². The van der Waals surface area contributed by atoms with E-state index in [4.69, 9.17) is 4.42 Å². The van der Waals surface area contributed by atoms with Gasteiger partial charge in [-0.2, -0.15) is 5.10 Å². The first-order valence-corrected chi connectivity index (χ1v) is 8.56. The van der Waals surface area contributed by atoms with Gasteiger partial charge in [0, 0.05) is 32.1 Å². The molecule has 6 heteroatoms. The monoisotopic (exact) mass is 358 g/mol. The standard InChI is InChI=1S/C21H18N4O2/c1-24(15-16-7-5-11-22-14-16)21(26)19-13-18(20-10-6-12-27-20)23-25(19)17-8-3-2-4-9-17/h2-14H,15H2,1H3. The van der Waals surface area contributed by atoms with Crippen LogP contribution in [0.25, 0.3) is 17.1 Å². The number of rotatable bonds is 5. The molecule has 0 atom stereocenters. The first-order valence-electron chi connectivity index (χ1n) is 8.56. The maximum absolute atomic E-state index is 13.1. The Morgan fingerprint density at radius 2 is 1.96 bits per heavy atom. The molecule has 0 aliphatic heterocycles. The predicted octanol–water partition coefficient (Wildman–Crippen LogP) is 3.80. The lowest BCUT2D eigenvalue weighted by Crippen LogP contribution is -2.28. The fourth-order valence-corrected chi connectivity index (χ4v) is 2.88. The molecule has 0 aliphatic rings. The number of carbonyl (C=O) groups excluding carboxylic acids is 1. The summed E-state index contributed by atoms with van der Waals surface area (Å²) in [4.78, 5) is 18.9. The first kappa shape index (κ1) is 16.8. The number of nitrogens with zero attached hydrogens (tertiary/aromatic N) is 4. The van der Waals surface area contributed by atoms with Crippen molar-refractivity contribution in [2.24, 2.45) is 0 Å². The summed E-state index contributed by atoms with van der Waals surface area (Å²) in [6.45, 7) is 0.461. The molecular weight excluding hydrogens is 340 g/mol. The Morgan fingerprint density at radius 1 is 1.11 bits per heavy atom. The lowest BCUT2D eigenvalue weighted by atomic mass is 10.2.